The van der Waals surface area contributed by atoms with Gasteiger partial charge < -0.3 is 14.9 Å². The maximum atomic E-state index is 13.5. The highest BCUT2D eigenvalue weighted by atomic mass is 79.9. The van der Waals surface area contributed by atoms with Crippen LogP contribution in [0.15, 0.2) is 34.8 Å². The van der Waals surface area contributed by atoms with Gasteiger partial charge in [0.05, 0.1) is 0 Å². The molecule has 0 aliphatic heterocycles. The zero-order valence-electron chi connectivity index (χ0n) is 8.32. The second kappa shape index (κ2) is 4.21. The molecule has 0 spiro atoms. The number of aliphatic hydroxyl groups is 2. The molecule has 6 heteroatoms. The Morgan fingerprint density at radius 2 is 1.88 bits per heavy atom. The van der Waals surface area contributed by atoms with E-state index in [1.165, 1.54) is 6.07 Å². The van der Waals surface area contributed by atoms with Gasteiger partial charge in [-0.15, -0.1) is 4.39 Å². The zero-order valence-corrected chi connectivity index (χ0v) is 9.91. The van der Waals surface area contributed by atoms with Crippen molar-refractivity contribution in [2.45, 2.75) is 6.23 Å². The number of ether oxygens (including phenoxy) is 1. The Kier molecular flexibility index (Phi) is 3.03. The van der Waals surface area contributed by atoms with Gasteiger partial charge in [0.25, 0.3) is 0 Å². The van der Waals surface area contributed by atoms with Crippen molar-refractivity contribution < 1.29 is 23.7 Å². The summed E-state index contributed by atoms with van der Waals surface area (Å²) in [5.74, 6) is -1.46. The van der Waals surface area contributed by atoms with Crippen molar-refractivity contribution in [2.75, 3.05) is 0 Å². The van der Waals surface area contributed by atoms with E-state index in [1.807, 2.05) is 0 Å². The van der Waals surface area contributed by atoms with E-state index in [0.717, 1.165) is 6.07 Å². The summed E-state index contributed by atoms with van der Waals surface area (Å²) in [6.45, 7) is 0. The quantitative estimate of drug-likeness (QED) is 0.839. The van der Waals surface area contributed by atoms with Crippen LogP contribution in [-0.2, 0) is 0 Å². The van der Waals surface area contributed by atoms with Crippen LogP contribution in [0, 0.1) is 5.82 Å². The van der Waals surface area contributed by atoms with E-state index in [2.05, 4.69) is 20.7 Å². The fourth-order valence-corrected chi connectivity index (χ4v) is 2.07. The lowest BCUT2D eigenvalue weighted by molar-refractivity contribution is -0.375. The van der Waals surface area contributed by atoms with Gasteiger partial charge in [0.1, 0.15) is 0 Å². The summed E-state index contributed by atoms with van der Waals surface area (Å²) in [5.41, 5.74) is 0. The van der Waals surface area contributed by atoms with Crippen molar-refractivity contribution in [3.63, 3.8) is 0 Å². The highest BCUT2D eigenvalue weighted by Crippen LogP contribution is 2.35. The Balaban J connectivity index is 2.71. The molecule has 0 bridgehead atoms. The number of rotatable bonds is 2. The molecule has 0 fully saturated rings. The molecule has 2 aromatic rings. The highest BCUT2D eigenvalue weighted by Gasteiger charge is 2.27. The molecule has 2 aromatic carbocycles. The second-order valence-electron chi connectivity index (χ2n) is 3.35. The van der Waals surface area contributed by atoms with Crippen molar-refractivity contribution in [1.82, 2.24) is 0 Å². The normalized spacial score (nSPS) is 11.8. The predicted molar refractivity (Wildman–Crippen MR) is 60.5 cm³/mol. The van der Waals surface area contributed by atoms with E-state index in [-0.39, 0.29) is 5.39 Å². The molecule has 0 atom stereocenters. The van der Waals surface area contributed by atoms with Crippen molar-refractivity contribution in [1.29, 1.82) is 0 Å². The molecule has 0 aromatic heterocycles. The van der Waals surface area contributed by atoms with Gasteiger partial charge in [0.2, 0.25) is 0 Å². The van der Waals surface area contributed by atoms with E-state index < -0.39 is 17.8 Å². The fraction of sp³-hybridized carbons (Fsp3) is 0.0909. The molecule has 0 radical (unpaired) electrons. The molecule has 3 nitrogen and oxygen atoms in total. The van der Waals surface area contributed by atoms with Gasteiger partial charge in [-0.3, -0.25) is 0 Å². The Labute approximate surface area is 103 Å². The number of benzene rings is 2. The molecule has 0 saturated heterocycles. The van der Waals surface area contributed by atoms with Crippen LogP contribution in [0.4, 0.5) is 8.78 Å². The smallest absolute Gasteiger partial charge is 0.409 e. The molecule has 0 aliphatic carbocycles. The number of alkyl halides is 1. The molecule has 2 N–H and O–H groups in total. The molecule has 0 unspecified atom stereocenters. The minimum Gasteiger partial charge on any atom is -0.409 e. The average molecular weight is 305 g/mol. The lowest BCUT2D eigenvalue weighted by Gasteiger charge is -2.16. The van der Waals surface area contributed by atoms with Crippen LogP contribution >= 0.6 is 15.9 Å². The Morgan fingerprint density at radius 3 is 2.53 bits per heavy atom. The molecule has 90 valence electrons. The van der Waals surface area contributed by atoms with E-state index >= 15 is 0 Å². The third-order valence-electron chi connectivity index (χ3n) is 2.13. The predicted octanol–water partition coefficient (Wildman–Crippen LogP) is 2.69. The van der Waals surface area contributed by atoms with Crippen LogP contribution in [0.2, 0.25) is 0 Å². The summed E-state index contributed by atoms with van der Waals surface area (Å²) >= 11 is 3.16. The molecule has 2 rings (SSSR count). The maximum absolute atomic E-state index is 13.5. The molecule has 0 heterocycles. The van der Waals surface area contributed by atoms with Gasteiger partial charge in [-0.2, -0.15) is 0 Å². The van der Waals surface area contributed by atoms with Gasteiger partial charge in [-0.05, 0) is 17.5 Å². The summed E-state index contributed by atoms with van der Waals surface area (Å²) < 4.78 is 30.7. The van der Waals surface area contributed by atoms with E-state index in [4.69, 9.17) is 10.2 Å². The standard InChI is InChI=1S/C11H7BrF2O3/c12-7-3-1-2-6-4-5-8(13)10(9(6)7)17-11(14,15)16/h1-5,15-16H. The summed E-state index contributed by atoms with van der Waals surface area (Å²) in [7, 11) is 0. The van der Waals surface area contributed by atoms with Crippen LogP contribution in [0.5, 0.6) is 5.75 Å². The van der Waals surface area contributed by atoms with Crippen LogP contribution in [0.1, 0.15) is 0 Å². The van der Waals surface area contributed by atoms with Crippen molar-refractivity contribution in [3.8, 4) is 5.75 Å². The van der Waals surface area contributed by atoms with Gasteiger partial charge >= 0.3 is 6.23 Å². The minimum atomic E-state index is -3.93. The first-order valence-electron chi connectivity index (χ1n) is 4.58. The fourth-order valence-electron chi connectivity index (χ4n) is 1.51. The van der Waals surface area contributed by atoms with Gasteiger partial charge in [0.15, 0.2) is 11.6 Å². The zero-order chi connectivity index (χ0) is 12.6. The molecule has 0 aliphatic rings. The van der Waals surface area contributed by atoms with Crippen molar-refractivity contribution in [3.05, 3.63) is 40.6 Å². The minimum absolute atomic E-state index is 0.220. The number of hydrogen-bond donors (Lipinski definition) is 2. The number of fused-ring (bicyclic) bond motifs is 1. The van der Waals surface area contributed by atoms with Gasteiger partial charge in [0, 0.05) is 9.86 Å². The average Bonchev–Trinajstić information content (AvgIpc) is 2.21. The van der Waals surface area contributed by atoms with Gasteiger partial charge in [-0.25, -0.2) is 4.39 Å². The molecule has 0 amide bonds. The maximum Gasteiger partial charge on any atom is 0.492 e. The lowest BCUT2D eigenvalue weighted by atomic mass is 10.1. The third kappa shape index (κ3) is 2.54. The van der Waals surface area contributed by atoms with Crippen LogP contribution in [0.25, 0.3) is 10.8 Å². The monoisotopic (exact) mass is 304 g/mol. The number of hydrogen-bond acceptors (Lipinski definition) is 3. The third-order valence-corrected chi connectivity index (χ3v) is 2.79. The summed E-state index contributed by atoms with van der Waals surface area (Å²) in [5, 5.41) is 17.9. The largest absolute Gasteiger partial charge is 0.492 e. The molecular weight excluding hydrogens is 298 g/mol. The van der Waals surface area contributed by atoms with Crippen LogP contribution in [0.3, 0.4) is 0 Å². The van der Waals surface area contributed by atoms with Gasteiger partial charge in [-0.1, -0.05) is 34.1 Å². The summed E-state index contributed by atoms with van der Waals surface area (Å²) in [6.07, 6.45) is -3.93. The first kappa shape index (κ1) is 12.2. The second-order valence-corrected chi connectivity index (χ2v) is 4.20. The topological polar surface area (TPSA) is 49.7 Å². The Bertz CT molecular complexity index is 566. The first-order valence-corrected chi connectivity index (χ1v) is 5.37. The van der Waals surface area contributed by atoms with Crippen LogP contribution < -0.4 is 4.74 Å². The van der Waals surface area contributed by atoms with Crippen LogP contribution in [-0.4, -0.2) is 16.4 Å². The van der Waals surface area contributed by atoms with E-state index in [0.29, 0.717) is 9.86 Å². The molecule has 0 saturated carbocycles. The van der Waals surface area contributed by atoms with Crippen molar-refractivity contribution in [2.24, 2.45) is 0 Å². The Morgan fingerprint density at radius 1 is 1.18 bits per heavy atom. The lowest BCUT2D eigenvalue weighted by Crippen LogP contribution is -2.29. The number of halogens is 3. The first-order chi connectivity index (χ1) is 7.88. The molecule has 17 heavy (non-hydrogen) atoms. The SMILES string of the molecule is OC(O)(F)Oc1c(F)ccc2cccc(Br)c12. The van der Waals surface area contributed by atoms with E-state index in [1.54, 1.807) is 18.2 Å². The highest BCUT2D eigenvalue weighted by molar-refractivity contribution is 9.10. The van der Waals surface area contributed by atoms with E-state index in [9.17, 15) is 8.78 Å². The molecular formula is C11H7BrF2O3. The van der Waals surface area contributed by atoms with Crippen molar-refractivity contribution >= 4 is 26.7 Å². The summed E-state index contributed by atoms with van der Waals surface area (Å²) in [6, 6.07) is 7.48. The Hall–Kier alpha value is -1.24. The summed E-state index contributed by atoms with van der Waals surface area (Å²) in [4.78, 5) is 0.